The Morgan fingerprint density at radius 3 is 3.21 bits per heavy atom. The molecule has 0 aromatic carbocycles. The maximum atomic E-state index is 11.7. The van der Waals surface area contributed by atoms with Gasteiger partial charge in [-0.05, 0) is 24.3 Å². The van der Waals surface area contributed by atoms with Gasteiger partial charge in [-0.3, -0.25) is 4.79 Å². The molecule has 1 saturated heterocycles. The Morgan fingerprint density at radius 2 is 2.50 bits per heavy atom. The molecule has 0 spiro atoms. The van der Waals surface area contributed by atoms with Crippen LogP contribution in [0.4, 0.5) is 0 Å². The molecule has 1 aromatic heterocycles. The first-order chi connectivity index (χ1) is 6.77. The summed E-state index contributed by atoms with van der Waals surface area (Å²) >= 11 is 1.69. The van der Waals surface area contributed by atoms with Gasteiger partial charge in [-0.25, -0.2) is 0 Å². The van der Waals surface area contributed by atoms with E-state index in [1.807, 2.05) is 16.3 Å². The topological polar surface area (TPSA) is 46.3 Å². The number of piperidine rings is 1. The standard InChI is InChI=1S/C10H14N2OS/c11-9-4-1-5-12(10(9)13)7-8-3-2-6-14-8/h2-3,6,9H,1,4-5,7,11H2/t9-/m0/s1. The summed E-state index contributed by atoms with van der Waals surface area (Å²) in [6.07, 6.45) is 1.86. The van der Waals surface area contributed by atoms with E-state index in [-0.39, 0.29) is 11.9 Å². The molecule has 0 radical (unpaired) electrons. The lowest BCUT2D eigenvalue weighted by molar-refractivity contribution is -0.135. The zero-order valence-electron chi connectivity index (χ0n) is 7.98. The Balaban J connectivity index is 2.00. The van der Waals surface area contributed by atoms with Crippen LogP contribution in [0.1, 0.15) is 17.7 Å². The molecular weight excluding hydrogens is 196 g/mol. The first kappa shape index (κ1) is 9.68. The summed E-state index contributed by atoms with van der Waals surface area (Å²) in [6, 6.07) is 3.79. The average molecular weight is 210 g/mol. The molecule has 1 fully saturated rings. The molecule has 3 nitrogen and oxygen atoms in total. The van der Waals surface area contributed by atoms with E-state index in [4.69, 9.17) is 5.73 Å². The van der Waals surface area contributed by atoms with E-state index in [1.54, 1.807) is 11.3 Å². The number of carbonyl (C=O) groups excluding carboxylic acids is 1. The summed E-state index contributed by atoms with van der Waals surface area (Å²) in [5, 5.41) is 2.03. The molecule has 0 unspecified atom stereocenters. The van der Waals surface area contributed by atoms with Gasteiger partial charge in [0.05, 0.1) is 12.6 Å². The molecule has 4 heteroatoms. The number of amides is 1. The molecule has 2 rings (SSSR count). The van der Waals surface area contributed by atoms with Crippen molar-refractivity contribution >= 4 is 17.2 Å². The number of nitrogens with two attached hydrogens (primary N) is 1. The Morgan fingerprint density at radius 1 is 1.64 bits per heavy atom. The van der Waals surface area contributed by atoms with Crippen LogP contribution in [-0.4, -0.2) is 23.4 Å². The predicted octanol–water partition coefficient (Wildman–Crippen LogP) is 1.20. The third kappa shape index (κ3) is 1.96. The first-order valence-electron chi connectivity index (χ1n) is 4.84. The van der Waals surface area contributed by atoms with E-state index in [2.05, 4.69) is 6.07 Å². The van der Waals surface area contributed by atoms with Crippen LogP contribution in [0.5, 0.6) is 0 Å². The molecule has 76 valence electrons. The van der Waals surface area contributed by atoms with Gasteiger partial charge in [0.15, 0.2) is 0 Å². The van der Waals surface area contributed by atoms with Crippen LogP contribution in [0, 0.1) is 0 Å². The number of hydrogen-bond donors (Lipinski definition) is 1. The van der Waals surface area contributed by atoms with Gasteiger partial charge >= 0.3 is 0 Å². The van der Waals surface area contributed by atoms with Crippen molar-refractivity contribution in [2.45, 2.75) is 25.4 Å². The second-order valence-corrected chi connectivity index (χ2v) is 4.62. The highest BCUT2D eigenvalue weighted by atomic mass is 32.1. The van der Waals surface area contributed by atoms with Crippen LogP contribution in [-0.2, 0) is 11.3 Å². The molecule has 0 bridgehead atoms. The van der Waals surface area contributed by atoms with Gasteiger partial charge in [-0.15, -0.1) is 11.3 Å². The van der Waals surface area contributed by atoms with E-state index in [1.165, 1.54) is 4.88 Å². The quantitative estimate of drug-likeness (QED) is 0.797. The minimum Gasteiger partial charge on any atom is -0.336 e. The fraction of sp³-hybridized carbons (Fsp3) is 0.500. The summed E-state index contributed by atoms with van der Waals surface area (Å²) in [5.41, 5.74) is 5.71. The van der Waals surface area contributed by atoms with Gasteiger partial charge < -0.3 is 10.6 Å². The number of nitrogens with zero attached hydrogens (tertiary/aromatic N) is 1. The third-order valence-corrected chi connectivity index (χ3v) is 3.36. The van der Waals surface area contributed by atoms with Crippen LogP contribution in [0.3, 0.4) is 0 Å². The van der Waals surface area contributed by atoms with Crippen molar-refractivity contribution < 1.29 is 4.79 Å². The van der Waals surface area contributed by atoms with Crippen molar-refractivity contribution in [2.75, 3.05) is 6.54 Å². The van der Waals surface area contributed by atoms with Crippen molar-refractivity contribution in [2.24, 2.45) is 5.73 Å². The van der Waals surface area contributed by atoms with E-state index < -0.39 is 0 Å². The minimum atomic E-state index is -0.274. The van der Waals surface area contributed by atoms with Gasteiger partial charge in [0.1, 0.15) is 0 Å². The van der Waals surface area contributed by atoms with E-state index in [0.29, 0.717) is 0 Å². The first-order valence-corrected chi connectivity index (χ1v) is 5.72. The molecule has 14 heavy (non-hydrogen) atoms. The summed E-state index contributed by atoms with van der Waals surface area (Å²) in [7, 11) is 0. The number of likely N-dealkylation sites (tertiary alicyclic amines) is 1. The van der Waals surface area contributed by atoms with E-state index >= 15 is 0 Å². The number of carbonyl (C=O) groups is 1. The van der Waals surface area contributed by atoms with Gasteiger partial charge in [0, 0.05) is 11.4 Å². The van der Waals surface area contributed by atoms with Crippen LogP contribution < -0.4 is 5.73 Å². The predicted molar refractivity (Wildman–Crippen MR) is 56.9 cm³/mol. The van der Waals surface area contributed by atoms with Gasteiger partial charge in [0.2, 0.25) is 5.91 Å². The second kappa shape index (κ2) is 4.11. The summed E-state index contributed by atoms with van der Waals surface area (Å²) in [4.78, 5) is 14.7. The lowest BCUT2D eigenvalue weighted by atomic mass is 10.1. The highest BCUT2D eigenvalue weighted by Crippen LogP contribution is 2.16. The van der Waals surface area contributed by atoms with Crippen LogP contribution >= 0.6 is 11.3 Å². The Hall–Kier alpha value is -0.870. The smallest absolute Gasteiger partial charge is 0.239 e. The highest BCUT2D eigenvalue weighted by molar-refractivity contribution is 7.09. The van der Waals surface area contributed by atoms with Crippen molar-refractivity contribution in [3.63, 3.8) is 0 Å². The third-order valence-electron chi connectivity index (χ3n) is 2.50. The van der Waals surface area contributed by atoms with Gasteiger partial charge in [-0.2, -0.15) is 0 Å². The maximum Gasteiger partial charge on any atom is 0.239 e. The fourth-order valence-electron chi connectivity index (χ4n) is 1.72. The van der Waals surface area contributed by atoms with Gasteiger partial charge in [-0.1, -0.05) is 6.07 Å². The van der Waals surface area contributed by atoms with E-state index in [9.17, 15) is 4.79 Å². The zero-order chi connectivity index (χ0) is 9.97. The largest absolute Gasteiger partial charge is 0.336 e. The molecule has 1 aliphatic heterocycles. The van der Waals surface area contributed by atoms with E-state index in [0.717, 1.165) is 25.9 Å². The van der Waals surface area contributed by atoms with Gasteiger partial charge in [0.25, 0.3) is 0 Å². The molecule has 1 aliphatic rings. The molecule has 0 saturated carbocycles. The molecule has 1 amide bonds. The fourth-order valence-corrected chi connectivity index (χ4v) is 2.44. The number of rotatable bonds is 2. The minimum absolute atomic E-state index is 0.102. The Labute approximate surface area is 87.5 Å². The molecule has 2 N–H and O–H groups in total. The van der Waals surface area contributed by atoms with Crippen molar-refractivity contribution in [3.8, 4) is 0 Å². The second-order valence-electron chi connectivity index (χ2n) is 3.59. The van der Waals surface area contributed by atoms with Crippen molar-refractivity contribution in [1.29, 1.82) is 0 Å². The molecule has 1 atom stereocenters. The molecule has 2 heterocycles. The molecular formula is C10H14N2OS. The molecule has 1 aromatic rings. The number of hydrogen-bond acceptors (Lipinski definition) is 3. The maximum absolute atomic E-state index is 11.7. The summed E-state index contributed by atoms with van der Waals surface area (Å²) in [6.45, 7) is 1.58. The summed E-state index contributed by atoms with van der Waals surface area (Å²) in [5.74, 6) is 0.102. The van der Waals surface area contributed by atoms with Crippen molar-refractivity contribution in [3.05, 3.63) is 22.4 Å². The highest BCUT2D eigenvalue weighted by Gasteiger charge is 2.25. The number of thiophene rings is 1. The lowest BCUT2D eigenvalue weighted by Crippen LogP contribution is -2.47. The Bertz CT molecular complexity index is 310. The Kier molecular flexibility index (Phi) is 2.84. The SMILES string of the molecule is N[C@H]1CCCN(Cc2cccs2)C1=O. The average Bonchev–Trinajstić information content (AvgIpc) is 2.66. The van der Waals surface area contributed by atoms with Crippen LogP contribution in [0.15, 0.2) is 17.5 Å². The van der Waals surface area contributed by atoms with Crippen molar-refractivity contribution in [1.82, 2.24) is 4.90 Å². The zero-order valence-corrected chi connectivity index (χ0v) is 8.80. The monoisotopic (exact) mass is 210 g/mol. The lowest BCUT2D eigenvalue weighted by Gasteiger charge is -2.29. The summed E-state index contributed by atoms with van der Waals surface area (Å²) < 4.78 is 0. The molecule has 0 aliphatic carbocycles. The van der Waals surface area contributed by atoms with Crippen LogP contribution in [0.25, 0.3) is 0 Å². The normalized spacial score (nSPS) is 22.8. The van der Waals surface area contributed by atoms with Crippen LogP contribution in [0.2, 0.25) is 0 Å².